The molecule has 0 amide bonds. The van der Waals surface area contributed by atoms with Crippen molar-refractivity contribution in [3.05, 3.63) is 26.6 Å². The van der Waals surface area contributed by atoms with E-state index in [1.807, 2.05) is 0 Å². The molecular weight excluding hydrogens is 282 g/mol. The highest BCUT2D eigenvalue weighted by molar-refractivity contribution is 8.02. The summed E-state index contributed by atoms with van der Waals surface area (Å²) in [6.45, 7) is 1.58. The Kier molecular flexibility index (Phi) is 3.72. The van der Waals surface area contributed by atoms with Gasteiger partial charge in [0.05, 0.1) is 11.0 Å². The van der Waals surface area contributed by atoms with Crippen molar-refractivity contribution < 1.29 is 10.0 Å². The molecule has 90 valence electrons. The maximum Gasteiger partial charge on any atom is 0.294 e. The van der Waals surface area contributed by atoms with Crippen LogP contribution < -0.4 is 0 Å². The molecule has 1 unspecified atom stereocenters. The molecule has 0 aliphatic carbocycles. The lowest BCUT2D eigenvalue weighted by Gasteiger charge is -1.95. The average molecular weight is 289 g/mol. The van der Waals surface area contributed by atoms with Crippen molar-refractivity contribution in [2.24, 2.45) is 0 Å². The van der Waals surface area contributed by atoms with E-state index in [9.17, 15) is 15.2 Å². The van der Waals surface area contributed by atoms with Gasteiger partial charge >= 0.3 is 0 Å². The summed E-state index contributed by atoms with van der Waals surface area (Å²) < 4.78 is 1.16. The highest BCUT2D eigenvalue weighted by Gasteiger charge is 2.22. The first-order valence-corrected chi connectivity index (χ1v) is 6.99. The van der Waals surface area contributed by atoms with Gasteiger partial charge in [0.15, 0.2) is 4.34 Å². The molecule has 6 nitrogen and oxygen atoms in total. The van der Waals surface area contributed by atoms with E-state index in [0.29, 0.717) is 13.4 Å². The number of aromatic nitrogens is 2. The summed E-state index contributed by atoms with van der Waals surface area (Å²) in [6, 6.07) is 1.40. The Morgan fingerprint density at radius 2 is 2.41 bits per heavy atom. The zero-order chi connectivity index (χ0) is 12.4. The predicted octanol–water partition coefficient (Wildman–Crippen LogP) is 2.71. The van der Waals surface area contributed by atoms with Crippen LogP contribution in [0.3, 0.4) is 0 Å². The van der Waals surface area contributed by atoms with E-state index < -0.39 is 11.0 Å². The van der Waals surface area contributed by atoms with E-state index in [-0.39, 0.29) is 5.69 Å². The zero-order valence-corrected chi connectivity index (χ0v) is 11.0. The Morgan fingerprint density at radius 3 is 2.94 bits per heavy atom. The fourth-order valence-corrected chi connectivity index (χ4v) is 4.05. The maximum absolute atomic E-state index is 10.9. The topological polar surface area (TPSA) is 89.2 Å². The number of hydrogen-bond acceptors (Lipinski definition) is 8. The number of nitrogens with zero attached hydrogens (tertiary/aromatic N) is 3. The molecule has 0 aliphatic heterocycles. The smallest absolute Gasteiger partial charge is 0.294 e. The van der Waals surface area contributed by atoms with Gasteiger partial charge in [-0.25, -0.2) is 0 Å². The van der Waals surface area contributed by atoms with Crippen molar-refractivity contribution in [2.75, 3.05) is 0 Å². The van der Waals surface area contributed by atoms with E-state index in [1.165, 1.54) is 40.5 Å². The third-order valence-electron chi connectivity index (χ3n) is 1.83. The lowest BCUT2D eigenvalue weighted by atomic mass is 10.3. The van der Waals surface area contributed by atoms with Gasteiger partial charge in [0.2, 0.25) is 0 Å². The second-order valence-electron chi connectivity index (χ2n) is 3.06. The van der Waals surface area contributed by atoms with Crippen LogP contribution in [0.1, 0.15) is 17.9 Å². The van der Waals surface area contributed by atoms with Crippen LogP contribution in [0.4, 0.5) is 5.69 Å². The molecule has 0 spiro atoms. The normalized spacial score (nSPS) is 12.6. The van der Waals surface area contributed by atoms with Crippen LogP contribution in [0.15, 0.2) is 20.1 Å². The summed E-state index contributed by atoms with van der Waals surface area (Å²) in [6.07, 6.45) is -0.706. The fraction of sp³-hybridized carbons (Fsp3) is 0.250. The standard InChI is InChI=1S/C8H7N3O3S3/c1-4(12)6-2-5(11(13)14)7(16-6)17-8-10-9-3-15-8/h2-4,12H,1H3. The monoisotopic (exact) mass is 289 g/mol. The molecule has 2 aromatic rings. The Bertz CT molecular complexity index is 523. The number of nitro groups is 1. The molecule has 0 bridgehead atoms. The minimum Gasteiger partial charge on any atom is -0.388 e. The molecule has 0 aromatic carbocycles. The lowest BCUT2D eigenvalue weighted by molar-refractivity contribution is -0.387. The van der Waals surface area contributed by atoms with Crippen LogP contribution in [-0.4, -0.2) is 20.2 Å². The van der Waals surface area contributed by atoms with Crippen LogP contribution in [0.5, 0.6) is 0 Å². The molecule has 1 atom stereocenters. The first kappa shape index (κ1) is 12.4. The first-order chi connectivity index (χ1) is 8.08. The van der Waals surface area contributed by atoms with Crippen LogP contribution in [0.2, 0.25) is 0 Å². The van der Waals surface area contributed by atoms with Gasteiger partial charge in [-0.3, -0.25) is 10.1 Å². The fourth-order valence-electron chi connectivity index (χ4n) is 1.08. The first-order valence-electron chi connectivity index (χ1n) is 4.48. The van der Waals surface area contributed by atoms with Gasteiger partial charge in [-0.05, 0) is 18.7 Å². The van der Waals surface area contributed by atoms with Crippen molar-refractivity contribution in [1.82, 2.24) is 10.2 Å². The third-order valence-corrected chi connectivity index (χ3v) is 5.09. The second-order valence-corrected chi connectivity index (χ2v) is 6.49. The Balaban J connectivity index is 2.34. The molecule has 17 heavy (non-hydrogen) atoms. The second kappa shape index (κ2) is 5.08. The minimum atomic E-state index is -0.706. The van der Waals surface area contributed by atoms with Crippen LogP contribution >= 0.6 is 34.4 Å². The van der Waals surface area contributed by atoms with E-state index >= 15 is 0 Å². The van der Waals surface area contributed by atoms with Crippen LogP contribution in [-0.2, 0) is 0 Å². The molecule has 9 heteroatoms. The molecule has 2 aromatic heterocycles. The summed E-state index contributed by atoms with van der Waals surface area (Å²) in [7, 11) is 0. The Hall–Kier alpha value is -1.03. The predicted molar refractivity (Wildman–Crippen MR) is 65.6 cm³/mol. The lowest BCUT2D eigenvalue weighted by Crippen LogP contribution is -1.87. The summed E-state index contributed by atoms with van der Waals surface area (Å²) in [5, 5.41) is 27.8. The number of thiophene rings is 1. The van der Waals surface area contributed by atoms with Crippen LogP contribution in [0, 0.1) is 10.1 Å². The molecule has 2 rings (SSSR count). The van der Waals surface area contributed by atoms with Gasteiger partial charge in [0.1, 0.15) is 9.72 Å². The zero-order valence-electron chi connectivity index (χ0n) is 8.56. The summed E-state index contributed by atoms with van der Waals surface area (Å²) in [5.41, 5.74) is 1.57. The van der Waals surface area contributed by atoms with Gasteiger partial charge < -0.3 is 5.11 Å². The van der Waals surface area contributed by atoms with Crippen molar-refractivity contribution in [2.45, 2.75) is 21.6 Å². The number of aliphatic hydroxyl groups excluding tert-OH is 1. The largest absolute Gasteiger partial charge is 0.388 e. The maximum atomic E-state index is 10.9. The highest BCUT2D eigenvalue weighted by Crippen LogP contribution is 2.43. The summed E-state index contributed by atoms with van der Waals surface area (Å²) in [5.74, 6) is 0. The Labute approximate surface area is 108 Å². The van der Waals surface area contributed by atoms with E-state index in [1.54, 1.807) is 12.4 Å². The quantitative estimate of drug-likeness (QED) is 0.687. The molecule has 0 fully saturated rings. The van der Waals surface area contributed by atoms with Crippen LogP contribution in [0.25, 0.3) is 0 Å². The van der Waals surface area contributed by atoms with Gasteiger partial charge in [-0.1, -0.05) is 11.3 Å². The van der Waals surface area contributed by atoms with Gasteiger partial charge in [0, 0.05) is 10.9 Å². The van der Waals surface area contributed by atoms with E-state index in [0.717, 1.165) is 0 Å². The minimum absolute atomic E-state index is 0.00565. The highest BCUT2D eigenvalue weighted by atomic mass is 32.2. The molecule has 2 heterocycles. The number of aliphatic hydroxyl groups is 1. The summed E-state index contributed by atoms with van der Waals surface area (Å²) in [4.78, 5) is 11.0. The van der Waals surface area contributed by atoms with E-state index in [4.69, 9.17) is 0 Å². The molecule has 1 N–H and O–H groups in total. The van der Waals surface area contributed by atoms with Gasteiger partial charge in [-0.15, -0.1) is 21.5 Å². The average Bonchev–Trinajstić information content (AvgIpc) is 2.87. The van der Waals surface area contributed by atoms with Crippen molar-refractivity contribution in [3.63, 3.8) is 0 Å². The number of rotatable bonds is 4. The molecule has 0 aliphatic rings. The molecule has 0 saturated carbocycles. The SMILES string of the molecule is CC(O)c1cc([N+](=O)[O-])c(Sc2nncs2)s1. The van der Waals surface area contributed by atoms with Gasteiger partial charge in [0.25, 0.3) is 5.69 Å². The van der Waals surface area contributed by atoms with Crippen molar-refractivity contribution in [3.8, 4) is 0 Å². The van der Waals surface area contributed by atoms with Crippen molar-refractivity contribution in [1.29, 1.82) is 0 Å². The third kappa shape index (κ3) is 2.80. The van der Waals surface area contributed by atoms with Crippen molar-refractivity contribution >= 4 is 40.1 Å². The number of hydrogen-bond donors (Lipinski definition) is 1. The Morgan fingerprint density at radius 1 is 1.65 bits per heavy atom. The van der Waals surface area contributed by atoms with Gasteiger partial charge in [-0.2, -0.15) is 0 Å². The molecular formula is C8H7N3O3S3. The summed E-state index contributed by atoms with van der Waals surface area (Å²) >= 11 is 3.72. The molecule has 0 radical (unpaired) electrons. The van der Waals surface area contributed by atoms with E-state index in [2.05, 4.69) is 10.2 Å². The molecule has 0 saturated heterocycles.